The molecule has 1 aliphatic carbocycles. The first-order valence-electron chi connectivity index (χ1n) is 11.1. The largest absolute Gasteiger partial charge is 0.395 e. The van der Waals surface area contributed by atoms with Crippen LogP contribution in [0.15, 0.2) is 18.3 Å². The second-order valence-corrected chi connectivity index (χ2v) is 8.72. The van der Waals surface area contributed by atoms with Crippen molar-refractivity contribution < 1.29 is 5.11 Å². The fourth-order valence-electron chi connectivity index (χ4n) is 4.00. The third-order valence-electron chi connectivity index (χ3n) is 5.95. The molecule has 2 aromatic heterocycles. The van der Waals surface area contributed by atoms with E-state index in [0.717, 1.165) is 44.7 Å². The molecule has 1 saturated heterocycles. The highest BCUT2D eigenvalue weighted by Gasteiger charge is 2.25. The van der Waals surface area contributed by atoms with Gasteiger partial charge in [-0.25, -0.2) is 4.98 Å². The van der Waals surface area contributed by atoms with Gasteiger partial charge in [-0.1, -0.05) is 11.6 Å². The number of rotatable bonds is 7. The highest BCUT2D eigenvalue weighted by molar-refractivity contribution is 6.36. The van der Waals surface area contributed by atoms with E-state index in [-0.39, 0.29) is 18.2 Å². The summed E-state index contributed by atoms with van der Waals surface area (Å²) in [6, 6.07) is 8.06. The molecule has 3 N–H and O–H groups in total. The van der Waals surface area contributed by atoms with Crippen LogP contribution >= 0.6 is 11.6 Å². The van der Waals surface area contributed by atoms with Gasteiger partial charge in [-0.15, -0.1) is 5.10 Å². The molecule has 11 nitrogen and oxygen atoms in total. The van der Waals surface area contributed by atoms with Crippen LogP contribution < -0.4 is 15.5 Å². The smallest absolute Gasteiger partial charge is 0.247 e. The Morgan fingerprint density at radius 3 is 2.62 bits per heavy atom. The van der Waals surface area contributed by atoms with Crippen molar-refractivity contribution in [1.82, 2.24) is 24.5 Å². The normalized spacial score (nSPS) is 16.3. The van der Waals surface area contributed by atoms with Gasteiger partial charge >= 0.3 is 0 Å². The summed E-state index contributed by atoms with van der Waals surface area (Å²) in [5, 5.41) is 39.6. The Hall–Kier alpha value is -3.64. The van der Waals surface area contributed by atoms with Crippen LogP contribution in [0.25, 0.3) is 5.65 Å². The molecule has 3 aromatic rings. The van der Waals surface area contributed by atoms with E-state index in [1.165, 1.54) is 10.7 Å². The lowest BCUT2D eigenvalue weighted by atomic mass is 10.1. The van der Waals surface area contributed by atoms with Gasteiger partial charge in [0, 0.05) is 38.8 Å². The van der Waals surface area contributed by atoms with Gasteiger partial charge in [-0.3, -0.25) is 4.90 Å². The molecule has 2 aliphatic rings. The van der Waals surface area contributed by atoms with Gasteiger partial charge in [0.25, 0.3) is 0 Å². The monoisotopic (exact) mass is 478 g/mol. The molecule has 1 saturated carbocycles. The lowest BCUT2D eigenvalue weighted by Crippen LogP contribution is -2.47. The molecule has 0 amide bonds. The Balaban J connectivity index is 1.48. The van der Waals surface area contributed by atoms with Crippen LogP contribution in [-0.4, -0.2) is 75.0 Å². The molecular formula is C22H23ClN10O. The van der Waals surface area contributed by atoms with Crippen molar-refractivity contribution in [3.05, 3.63) is 34.6 Å². The maximum atomic E-state index is 9.62. The van der Waals surface area contributed by atoms with Crippen LogP contribution in [0.4, 0.5) is 23.1 Å². The van der Waals surface area contributed by atoms with Crippen molar-refractivity contribution >= 4 is 40.4 Å². The number of fused-ring (bicyclic) bond motifs is 1. The van der Waals surface area contributed by atoms with Crippen molar-refractivity contribution in [3.8, 4) is 12.1 Å². The van der Waals surface area contributed by atoms with Crippen LogP contribution in [0.2, 0.25) is 5.02 Å². The molecule has 174 valence electrons. The quantitative estimate of drug-likeness (QED) is 0.461. The highest BCUT2D eigenvalue weighted by atomic mass is 35.5. The SMILES string of the molecule is N#Cc1cc(Nc2nc(NC3CC3)c3ncc(C#N)n3n2)c(Cl)c(N2CCN(CCO)CC2)c1. The summed E-state index contributed by atoms with van der Waals surface area (Å²) in [5.74, 6) is 0.773. The first kappa shape index (κ1) is 22.2. The molecule has 3 heterocycles. The molecule has 0 radical (unpaired) electrons. The molecule has 1 aliphatic heterocycles. The lowest BCUT2D eigenvalue weighted by Gasteiger charge is -2.36. The summed E-state index contributed by atoms with van der Waals surface area (Å²) in [5.41, 5.74) is 2.48. The molecule has 0 unspecified atom stereocenters. The number of aliphatic hydroxyl groups is 1. The number of imidazole rings is 1. The number of piperazine rings is 1. The van der Waals surface area contributed by atoms with E-state index in [1.807, 2.05) is 0 Å². The number of β-amino-alcohol motifs (C(OH)–C–C–N with tert-alkyl or cyclic N) is 1. The second-order valence-electron chi connectivity index (χ2n) is 8.34. The topological polar surface area (TPSA) is 141 Å². The van der Waals surface area contributed by atoms with Crippen LogP contribution in [0.1, 0.15) is 24.1 Å². The van der Waals surface area contributed by atoms with E-state index >= 15 is 0 Å². The number of nitrogens with zero attached hydrogens (tertiary/aromatic N) is 8. The van der Waals surface area contributed by atoms with E-state index in [2.05, 4.69) is 47.6 Å². The van der Waals surface area contributed by atoms with Gasteiger partial charge in [0.2, 0.25) is 5.95 Å². The molecule has 5 rings (SSSR count). The Kier molecular flexibility index (Phi) is 6.07. The molecular weight excluding hydrogens is 456 g/mol. The molecule has 34 heavy (non-hydrogen) atoms. The molecule has 0 spiro atoms. The Labute approximate surface area is 201 Å². The predicted octanol–water partition coefficient (Wildman–Crippen LogP) is 1.95. The van der Waals surface area contributed by atoms with Gasteiger partial charge in [0.15, 0.2) is 17.2 Å². The number of anilines is 4. The maximum absolute atomic E-state index is 9.62. The zero-order valence-electron chi connectivity index (χ0n) is 18.4. The molecule has 0 bridgehead atoms. The Morgan fingerprint density at radius 2 is 1.94 bits per heavy atom. The van der Waals surface area contributed by atoms with E-state index in [0.29, 0.717) is 40.3 Å². The summed E-state index contributed by atoms with van der Waals surface area (Å²) in [7, 11) is 0. The zero-order valence-corrected chi connectivity index (χ0v) is 19.1. The molecule has 12 heteroatoms. The van der Waals surface area contributed by atoms with Gasteiger partial charge in [-0.05, 0) is 25.0 Å². The minimum absolute atomic E-state index is 0.130. The number of nitrogens with one attached hydrogen (secondary N) is 2. The van der Waals surface area contributed by atoms with E-state index in [9.17, 15) is 15.6 Å². The first-order chi connectivity index (χ1) is 16.6. The Bertz CT molecular complexity index is 1300. The van der Waals surface area contributed by atoms with Crippen LogP contribution in [-0.2, 0) is 0 Å². The fourth-order valence-corrected chi connectivity index (χ4v) is 4.27. The van der Waals surface area contributed by atoms with Crippen molar-refractivity contribution in [2.24, 2.45) is 0 Å². The van der Waals surface area contributed by atoms with E-state index < -0.39 is 0 Å². The number of aromatic nitrogens is 4. The van der Waals surface area contributed by atoms with Crippen molar-refractivity contribution in [3.63, 3.8) is 0 Å². The second kappa shape index (κ2) is 9.31. The first-order valence-corrected chi connectivity index (χ1v) is 11.5. The summed E-state index contributed by atoms with van der Waals surface area (Å²) >= 11 is 6.80. The van der Waals surface area contributed by atoms with Crippen molar-refractivity contribution in [2.45, 2.75) is 18.9 Å². The zero-order chi connectivity index (χ0) is 23.7. The third kappa shape index (κ3) is 4.41. The standard InChI is InChI=1S/C22H23ClN10O/c23-19-17(9-14(11-24)10-18(19)32-5-3-31(4-6-32)7-8-34)28-22-29-20(27-15-1-2-15)21-26-13-16(12-25)33(21)30-22/h9-10,13,15,34H,1-8H2,(H2,27,28,29,30). The van der Waals surface area contributed by atoms with Gasteiger partial charge < -0.3 is 20.6 Å². The highest BCUT2D eigenvalue weighted by Crippen LogP contribution is 2.36. The number of aliphatic hydroxyl groups excluding tert-OH is 1. The average Bonchev–Trinajstić information content (AvgIpc) is 3.57. The lowest BCUT2D eigenvalue weighted by molar-refractivity contribution is 0.189. The molecule has 0 atom stereocenters. The van der Waals surface area contributed by atoms with Crippen LogP contribution in [0.5, 0.6) is 0 Å². The minimum atomic E-state index is 0.130. The van der Waals surface area contributed by atoms with Gasteiger partial charge in [0.1, 0.15) is 6.07 Å². The molecule has 1 aromatic carbocycles. The summed E-state index contributed by atoms with van der Waals surface area (Å²) in [6.45, 7) is 3.82. The number of hydrogen-bond donors (Lipinski definition) is 3. The average molecular weight is 479 g/mol. The van der Waals surface area contributed by atoms with Crippen LogP contribution in [0.3, 0.4) is 0 Å². The fraction of sp³-hybridized carbons (Fsp3) is 0.409. The Morgan fingerprint density at radius 1 is 1.15 bits per heavy atom. The van der Waals surface area contributed by atoms with Gasteiger partial charge in [-0.2, -0.15) is 20.0 Å². The third-order valence-corrected chi connectivity index (χ3v) is 6.35. The summed E-state index contributed by atoms with van der Waals surface area (Å²) in [6.07, 6.45) is 3.56. The maximum Gasteiger partial charge on any atom is 0.247 e. The minimum Gasteiger partial charge on any atom is -0.395 e. The summed E-state index contributed by atoms with van der Waals surface area (Å²) in [4.78, 5) is 13.2. The summed E-state index contributed by atoms with van der Waals surface area (Å²) < 4.78 is 1.45. The number of halogens is 1. The number of nitriles is 2. The number of hydrogen-bond acceptors (Lipinski definition) is 10. The van der Waals surface area contributed by atoms with Crippen LogP contribution in [0, 0.1) is 22.7 Å². The predicted molar refractivity (Wildman–Crippen MR) is 127 cm³/mol. The van der Waals surface area contributed by atoms with Gasteiger partial charge in [0.05, 0.1) is 40.8 Å². The number of benzene rings is 1. The van der Waals surface area contributed by atoms with Crippen molar-refractivity contribution in [1.29, 1.82) is 10.5 Å². The van der Waals surface area contributed by atoms with E-state index in [4.69, 9.17) is 11.6 Å². The van der Waals surface area contributed by atoms with Crippen molar-refractivity contribution in [2.75, 3.05) is 54.9 Å². The molecule has 2 fully saturated rings. The van der Waals surface area contributed by atoms with E-state index in [1.54, 1.807) is 12.1 Å².